The first-order chi connectivity index (χ1) is 10.1. The average Bonchev–Trinajstić information content (AvgIpc) is 3.02. The first-order valence-electron chi connectivity index (χ1n) is 7.13. The summed E-state index contributed by atoms with van der Waals surface area (Å²) < 4.78 is 1.80. The topological polar surface area (TPSA) is 58.4 Å². The number of carbonyl (C=O) groups excluding carboxylic acids is 1. The first-order valence-corrected chi connectivity index (χ1v) is 7.13. The van der Waals surface area contributed by atoms with Gasteiger partial charge in [0, 0.05) is 31.6 Å². The van der Waals surface area contributed by atoms with Crippen LogP contribution in [-0.4, -0.2) is 33.9 Å². The van der Waals surface area contributed by atoms with Crippen LogP contribution in [0.5, 0.6) is 0 Å². The van der Waals surface area contributed by atoms with Gasteiger partial charge in [-0.15, -0.1) is 0 Å². The molecule has 0 spiro atoms. The van der Waals surface area contributed by atoms with Crippen molar-refractivity contribution in [3.8, 4) is 5.69 Å². The third-order valence-electron chi connectivity index (χ3n) is 3.83. The van der Waals surface area contributed by atoms with E-state index in [0.29, 0.717) is 13.0 Å². The van der Waals surface area contributed by atoms with Crippen molar-refractivity contribution in [2.75, 3.05) is 18.1 Å². The molecule has 2 heterocycles. The van der Waals surface area contributed by atoms with Crippen molar-refractivity contribution in [1.29, 1.82) is 0 Å². The number of aryl methyl sites for hydroxylation is 2. The molecule has 0 saturated carbocycles. The van der Waals surface area contributed by atoms with Gasteiger partial charge in [-0.05, 0) is 26.0 Å². The Kier molecular flexibility index (Phi) is 3.51. The lowest BCUT2D eigenvalue weighted by molar-refractivity contribution is -0.117. The number of carbonyl (C=O) groups is 1. The highest BCUT2D eigenvalue weighted by molar-refractivity contribution is 5.95. The molecule has 5 heteroatoms. The normalized spacial score (nSPS) is 18.5. The predicted octanol–water partition coefficient (Wildman–Crippen LogP) is 1.83. The number of benzene rings is 1. The first kappa shape index (κ1) is 13.8. The minimum absolute atomic E-state index is 0.0131. The summed E-state index contributed by atoms with van der Waals surface area (Å²) in [6.45, 7) is 4.54. The highest BCUT2D eigenvalue weighted by atomic mass is 16.3. The van der Waals surface area contributed by atoms with Crippen LogP contribution in [0.15, 0.2) is 30.3 Å². The van der Waals surface area contributed by atoms with E-state index >= 15 is 0 Å². The number of rotatable bonds is 3. The SMILES string of the molecule is Cc1ccc(-n2nc(C)cc2N2CC(CO)CC2=O)cc1. The summed E-state index contributed by atoms with van der Waals surface area (Å²) >= 11 is 0. The van der Waals surface area contributed by atoms with Crippen LogP contribution in [0.4, 0.5) is 5.82 Å². The molecule has 1 aromatic heterocycles. The Morgan fingerprint density at radius 3 is 2.62 bits per heavy atom. The number of hydrogen-bond acceptors (Lipinski definition) is 3. The van der Waals surface area contributed by atoms with E-state index in [-0.39, 0.29) is 18.4 Å². The van der Waals surface area contributed by atoms with Crippen LogP contribution >= 0.6 is 0 Å². The third kappa shape index (κ3) is 2.56. The number of amides is 1. The maximum atomic E-state index is 12.2. The summed E-state index contributed by atoms with van der Waals surface area (Å²) in [5.41, 5.74) is 2.98. The van der Waals surface area contributed by atoms with E-state index in [1.54, 1.807) is 9.58 Å². The van der Waals surface area contributed by atoms with Gasteiger partial charge in [0.2, 0.25) is 5.91 Å². The number of aliphatic hydroxyl groups excluding tert-OH is 1. The molecule has 110 valence electrons. The lowest BCUT2D eigenvalue weighted by Crippen LogP contribution is -2.27. The van der Waals surface area contributed by atoms with Gasteiger partial charge in [-0.3, -0.25) is 9.69 Å². The Morgan fingerprint density at radius 1 is 1.29 bits per heavy atom. The monoisotopic (exact) mass is 285 g/mol. The molecule has 0 radical (unpaired) electrons. The molecule has 1 atom stereocenters. The van der Waals surface area contributed by atoms with E-state index in [2.05, 4.69) is 5.10 Å². The largest absolute Gasteiger partial charge is 0.396 e. The van der Waals surface area contributed by atoms with Crippen molar-refractivity contribution >= 4 is 11.7 Å². The lowest BCUT2D eigenvalue weighted by Gasteiger charge is -2.18. The van der Waals surface area contributed by atoms with Gasteiger partial charge in [-0.25, -0.2) is 4.68 Å². The van der Waals surface area contributed by atoms with Gasteiger partial charge in [-0.2, -0.15) is 5.10 Å². The molecule has 1 aliphatic rings. The van der Waals surface area contributed by atoms with Crippen LogP contribution < -0.4 is 4.90 Å². The van der Waals surface area contributed by atoms with Gasteiger partial charge in [-0.1, -0.05) is 17.7 Å². The smallest absolute Gasteiger partial charge is 0.228 e. The second kappa shape index (κ2) is 5.33. The second-order valence-electron chi connectivity index (χ2n) is 5.65. The average molecular weight is 285 g/mol. The van der Waals surface area contributed by atoms with Crippen LogP contribution in [0.25, 0.3) is 5.69 Å². The fourth-order valence-electron chi connectivity index (χ4n) is 2.68. The van der Waals surface area contributed by atoms with Crippen LogP contribution in [0, 0.1) is 19.8 Å². The molecule has 1 saturated heterocycles. The number of aliphatic hydroxyl groups is 1. The molecule has 2 aromatic rings. The zero-order chi connectivity index (χ0) is 15.0. The van der Waals surface area contributed by atoms with E-state index < -0.39 is 0 Å². The summed E-state index contributed by atoms with van der Waals surface area (Å²) in [5, 5.41) is 13.8. The molecule has 1 fully saturated rings. The molecule has 1 aliphatic heterocycles. The van der Waals surface area contributed by atoms with Gasteiger partial charge in [0.1, 0.15) is 5.82 Å². The van der Waals surface area contributed by atoms with E-state index in [1.807, 2.05) is 44.2 Å². The zero-order valence-corrected chi connectivity index (χ0v) is 12.3. The van der Waals surface area contributed by atoms with Crippen LogP contribution in [0.2, 0.25) is 0 Å². The van der Waals surface area contributed by atoms with Gasteiger partial charge >= 0.3 is 0 Å². The van der Waals surface area contributed by atoms with Crippen molar-refractivity contribution in [2.45, 2.75) is 20.3 Å². The highest BCUT2D eigenvalue weighted by Gasteiger charge is 2.32. The minimum atomic E-state index is 0.0131. The summed E-state index contributed by atoms with van der Waals surface area (Å²) in [4.78, 5) is 13.9. The Hall–Kier alpha value is -2.14. The molecule has 21 heavy (non-hydrogen) atoms. The predicted molar refractivity (Wildman–Crippen MR) is 80.6 cm³/mol. The van der Waals surface area contributed by atoms with Crippen molar-refractivity contribution in [3.05, 3.63) is 41.6 Å². The molecular formula is C16H19N3O2. The van der Waals surface area contributed by atoms with Crippen LogP contribution in [0.1, 0.15) is 17.7 Å². The number of aromatic nitrogens is 2. The third-order valence-corrected chi connectivity index (χ3v) is 3.83. The molecule has 0 aliphatic carbocycles. The maximum Gasteiger partial charge on any atom is 0.228 e. The summed E-state index contributed by atoms with van der Waals surface area (Å²) in [6, 6.07) is 9.96. The molecular weight excluding hydrogens is 266 g/mol. The maximum absolute atomic E-state index is 12.2. The van der Waals surface area contributed by atoms with E-state index in [9.17, 15) is 9.90 Å². The summed E-state index contributed by atoms with van der Waals surface area (Å²) in [7, 11) is 0. The molecule has 0 bridgehead atoms. The fraction of sp³-hybridized carbons (Fsp3) is 0.375. The lowest BCUT2D eigenvalue weighted by atomic mass is 10.1. The molecule has 1 N–H and O–H groups in total. The number of hydrogen-bond donors (Lipinski definition) is 1. The molecule has 1 aromatic carbocycles. The van der Waals surface area contributed by atoms with Crippen molar-refractivity contribution in [1.82, 2.24) is 9.78 Å². The van der Waals surface area contributed by atoms with E-state index in [1.165, 1.54) is 5.56 Å². The van der Waals surface area contributed by atoms with Gasteiger partial charge in [0.05, 0.1) is 11.4 Å². The second-order valence-corrected chi connectivity index (χ2v) is 5.65. The highest BCUT2D eigenvalue weighted by Crippen LogP contribution is 2.27. The molecule has 1 unspecified atom stereocenters. The fourth-order valence-corrected chi connectivity index (χ4v) is 2.68. The van der Waals surface area contributed by atoms with Crippen molar-refractivity contribution in [3.63, 3.8) is 0 Å². The number of anilines is 1. The summed E-state index contributed by atoms with van der Waals surface area (Å²) in [5.74, 6) is 0.832. The van der Waals surface area contributed by atoms with Crippen LogP contribution in [0.3, 0.4) is 0 Å². The zero-order valence-electron chi connectivity index (χ0n) is 12.3. The van der Waals surface area contributed by atoms with Crippen LogP contribution in [-0.2, 0) is 4.79 Å². The quantitative estimate of drug-likeness (QED) is 0.936. The Labute approximate surface area is 123 Å². The molecule has 5 nitrogen and oxygen atoms in total. The summed E-state index contributed by atoms with van der Waals surface area (Å²) in [6.07, 6.45) is 0.397. The van der Waals surface area contributed by atoms with E-state index in [4.69, 9.17) is 0 Å². The Morgan fingerprint density at radius 2 is 2.00 bits per heavy atom. The van der Waals surface area contributed by atoms with Gasteiger partial charge < -0.3 is 5.11 Å². The van der Waals surface area contributed by atoms with Gasteiger partial charge in [0.25, 0.3) is 0 Å². The Balaban J connectivity index is 2.00. The van der Waals surface area contributed by atoms with Crippen molar-refractivity contribution < 1.29 is 9.90 Å². The molecule has 3 rings (SSSR count). The van der Waals surface area contributed by atoms with Gasteiger partial charge in [0.15, 0.2) is 0 Å². The van der Waals surface area contributed by atoms with Crippen molar-refractivity contribution in [2.24, 2.45) is 5.92 Å². The van der Waals surface area contributed by atoms with E-state index in [0.717, 1.165) is 17.2 Å². The Bertz CT molecular complexity index is 661. The number of nitrogens with zero attached hydrogens (tertiary/aromatic N) is 3. The standard InChI is InChI=1S/C16H19N3O2/c1-11-3-5-14(6-4-11)19-15(7-12(2)17-19)18-9-13(10-20)8-16(18)21/h3-7,13,20H,8-10H2,1-2H3. The molecule has 1 amide bonds. The minimum Gasteiger partial charge on any atom is -0.396 e.